The summed E-state index contributed by atoms with van der Waals surface area (Å²) in [5, 5.41) is 2.96. The smallest absolute Gasteiger partial charge is 0.307 e. The van der Waals surface area contributed by atoms with Crippen LogP contribution in [0.4, 0.5) is 4.39 Å². The van der Waals surface area contributed by atoms with Crippen molar-refractivity contribution in [3.63, 3.8) is 0 Å². The van der Waals surface area contributed by atoms with Crippen LogP contribution in [0.1, 0.15) is 60.1 Å². The highest BCUT2D eigenvalue weighted by molar-refractivity contribution is 5.97. The molecule has 0 fully saturated rings. The number of hydrogen-bond acceptors (Lipinski definition) is 4. The molecule has 0 spiro atoms. The zero-order valence-electron chi connectivity index (χ0n) is 16.3. The summed E-state index contributed by atoms with van der Waals surface area (Å²) in [6.45, 7) is 1.52. The highest BCUT2D eigenvalue weighted by atomic mass is 19.1. The molecule has 0 aromatic heterocycles. The number of aryl methyl sites for hydroxylation is 1. The van der Waals surface area contributed by atoms with Crippen molar-refractivity contribution in [1.82, 2.24) is 5.32 Å². The number of amides is 1. The number of rotatable bonds is 7. The quantitative estimate of drug-likeness (QED) is 0.568. The fourth-order valence-electron chi connectivity index (χ4n) is 3.50. The number of halogens is 1. The normalized spacial score (nSPS) is 16.4. The Morgan fingerprint density at radius 3 is 2.59 bits per heavy atom. The molecule has 6 heteroatoms. The Hall–Kier alpha value is -3.02. The molecule has 3 rings (SSSR count). The van der Waals surface area contributed by atoms with Gasteiger partial charge in [0.2, 0.25) is 0 Å². The average Bonchev–Trinajstić information content (AvgIpc) is 2.72. The molecule has 0 saturated carbocycles. The number of ether oxygens (including phenoxy) is 1. The first-order valence-corrected chi connectivity index (χ1v) is 9.80. The summed E-state index contributed by atoms with van der Waals surface area (Å²) >= 11 is 0. The highest BCUT2D eigenvalue weighted by Crippen LogP contribution is 2.29. The lowest BCUT2D eigenvalue weighted by Crippen LogP contribution is -2.39. The van der Waals surface area contributed by atoms with Crippen molar-refractivity contribution >= 4 is 17.7 Å². The summed E-state index contributed by atoms with van der Waals surface area (Å²) in [6.07, 6.45) is 1.68. The van der Waals surface area contributed by atoms with E-state index in [1.165, 1.54) is 36.8 Å². The van der Waals surface area contributed by atoms with Gasteiger partial charge in [-0.1, -0.05) is 24.3 Å². The molecule has 0 heterocycles. The highest BCUT2D eigenvalue weighted by Gasteiger charge is 2.25. The van der Waals surface area contributed by atoms with Gasteiger partial charge in [-0.2, -0.15) is 0 Å². The lowest BCUT2D eigenvalue weighted by molar-refractivity contribution is -0.155. The van der Waals surface area contributed by atoms with Crippen LogP contribution >= 0.6 is 0 Å². The van der Waals surface area contributed by atoms with Crippen molar-refractivity contribution in [3.05, 3.63) is 71.0 Å². The van der Waals surface area contributed by atoms with E-state index in [0.717, 1.165) is 24.8 Å². The lowest BCUT2D eigenvalue weighted by Gasteiger charge is -2.27. The Kier molecular flexibility index (Phi) is 6.75. The van der Waals surface area contributed by atoms with Gasteiger partial charge in [-0.3, -0.25) is 14.4 Å². The molecule has 2 aromatic carbocycles. The van der Waals surface area contributed by atoms with Crippen LogP contribution in [0.15, 0.2) is 48.5 Å². The van der Waals surface area contributed by atoms with Crippen molar-refractivity contribution in [2.45, 2.75) is 51.2 Å². The number of benzene rings is 2. The minimum absolute atomic E-state index is 0.0607. The maximum Gasteiger partial charge on any atom is 0.307 e. The Bertz CT molecular complexity index is 894. The fraction of sp³-hybridized carbons (Fsp3) is 0.348. The van der Waals surface area contributed by atoms with Crippen LogP contribution in [-0.2, 0) is 20.7 Å². The summed E-state index contributed by atoms with van der Waals surface area (Å²) in [6, 6.07) is 13.1. The van der Waals surface area contributed by atoms with Gasteiger partial charge < -0.3 is 10.1 Å². The molecule has 0 unspecified atom stereocenters. The molecule has 1 aliphatic rings. The molecule has 2 aromatic rings. The van der Waals surface area contributed by atoms with E-state index in [1.54, 1.807) is 0 Å². The molecule has 0 radical (unpaired) electrons. The molecule has 0 aliphatic heterocycles. The van der Waals surface area contributed by atoms with Gasteiger partial charge in [0.25, 0.3) is 5.91 Å². The Balaban J connectivity index is 1.47. The molecule has 0 saturated heterocycles. The second-order valence-electron chi connectivity index (χ2n) is 7.21. The van der Waals surface area contributed by atoms with Crippen LogP contribution in [0.5, 0.6) is 0 Å². The molecule has 2 atom stereocenters. The number of Topliss-reactive ketones (excluding diaryl/α,β-unsaturated/α-hetero) is 1. The van der Waals surface area contributed by atoms with Crippen LogP contribution in [-0.4, -0.2) is 23.8 Å². The van der Waals surface area contributed by atoms with E-state index in [4.69, 9.17) is 4.74 Å². The van der Waals surface area contributed by atoms with Gasteiger partial charge in [0.05, 0.1) is 12.5 Å². The number of nitrogens with one attached hydrogen (secondary N) is 1. The fourth-order valence-corrected chi connectivity index (χ4v) is 3.50. The predicted molar refractivity (Wildman–Crippen MR) is 106 cm³/mol. The maximum atomic E-state index is 12.9. The summed E-state index contributed by atoms with van der Waals surface area (Å²) in [5.74, 6) is -1.68. The first kappa shape index (κ1) is 20.7. The second kappa shape index (κ2) is 9.45. The third-order valence-corrected chi connectivity index (χ3v) is 5.09. The number of ketones is 1. The molecular formula is C23H24FNO4. The minimum Gasteiger partial charge on any atom is -0.453 e. The van der Waals surface area contributed by atoms with E-state index in [2.05, 4.69) is 11.4 Å². The van der Waals surface area contributed by atoms with E-state index < -0.39 is 17.9 Å². The summed E-state index contributed by atoms with van der Waals surface area (Å²) in [4.78, 5) is 36.5. The first-order valence-electron chi connectivity index (χ1n) is 9.80. The predicted octanol–water partition coefficient (Wildman–Crippen LogP) is 3.91. The van der Waals surface area contributed by atoms with Gasteiger partial charge in [-0.15, -0.1) is 0 Å². The topological polar surface area (TPSA) is 72.5 Å². The van der Waals surface area contributed by atoms with Crippen molar-refractivity contribution < 1.29 is 23.5 Å². The largest absolute Gasteiger partial charge is 0.453 e. The van der Waals surface area contributed by atoms with Gasteiger partial charge in [-0.25, -0.2) is 4.39 Å². The summed E-state index contributed by atoms with van der Waals surface area (Å²) < 4.78 is 18.1. The average molecular weight is 397 g/mol. The van der Waals surface area contributed by atoms with Crippen LogP contribution in [0, 0.1) is 5.82 Å². The monoisotopic (exact) mass is 397 g/mol. The maximum absolute atomic E-state index is 12.9. The molecular weight excluding hydrogens is 373 g/mol. The van der Waals surface area contributed by atoms with Crippen molar-refractivity contribution in [2.75, 3.05) is 0 Å². The number of carbonyl (C=O) groups excluding carboxylic acids is 3. The van der Waals surface area contributed by atoms with Crippen LogP contribution in [0.3, 0.4) is 0 Å². The van der Waals surface area contributed by atoms with E-state index >= 15 is 0 Å². The molecule has 29 heavy (non-hydrogen) atoms. The second-order valence-corrected chi connectivity index (χ2v) is 7.21. The van der Waals surface area contributed by atoms with Crippen molar-refractivity contribution in [3.8, 4) is 0 Å². The van der Waals surface area contributed by atoms with Gasteiger partial charge in [0.1, 0.15) is 5.82 Å². The number of fused-ring (bicyclic) bond motifs is 1. The van der Waals surface area contributed by atoms with Gasteiger partial charge in [0.15, 0.2) is 11.9 Å². The standard InChI is InChI=1S/C23H24FNO4/c1-15(23(28)25-20-8-4-6-16-5-2-3-7-19(16)20)29-22(27)14-13-21(26)17-9-11-18(24)12-10-17/h2-3,5,7,9-12,15,20H,4,6,8,13-14H2,1H3,(H,25,28)/t15-,20+/m1/s1. The Labute approximate surface area is 169 Å². The van der Waals surface area contributed by atoms with Gasteiger partial charge >= 0.3 is 5.97 Å². The van der Waals surface area contributed by atoms with Gasteiger partial charge in [-0.05, 0) is 61.6 Å². The Morgan fingerprint density at radius 2 is 1.83 bits per heavy atom. The van der Waals surface area contributed by atoms with Crippen molar-refractivity contribution in [2.24, 2.45) is 0 Å². The van der Waals surface area contributed by atoms with E-state index in [-0.39, 0.29) is 30.6 Å². The molecule has 152 valence electrons. The van der Waals surface area contributed by atoms with Crippen LogP contribution in [0.2, 0.25) is 0 Å². The third-order valence-electron chi connectivity index (χ3n) is 5.09. The molecule has 1 amide bonds. The number of esters is 1. The molecule has 5 nitrogen and oxygen atoms in total. The van der Waals surface area contributed by atoms with E-state index in [1.807, 2.05) is 18.2 Å². The first-order chi connectivity index (χ1) is 13.9. The SMILES string of the molecule is C[C@@H](OC(=O)CCC(=O)c1ccc(F)cc1)C(=O)N[C@H]1CCCc2ccccc21. The van der Waals surface area contributed by atoms with Crippen molar-refractivity contribution in [1.29, 1.82) is 0 Å². The molecule has 1 aliphatic carbocycles. The van der Waals surface area contributed by atoms with Crippen LogP contribution < -0.4 is 5.32 Å². The lowest BCUT2D eigenvalue weighted by atomic mass is 9.87. The Morgan fingerprint density at radius 1 is 1.10 bits per heavy atom. The summed E-state index contributed by atoms with van der Waals surface area (Å²) in [5.41, 5.74) is 2.67. The zero-order chi connectivity index (χ0) is 20.8. The number of hydrogen-bond donors (Lipinski definition) is 1. The van der Waals surface area contributed by atoms with E-state index in [9.17, 15) is 18.8 Å². The number of carbonyl (C=O) groups is 3. The minimum atomic E-state index is -0.947. The third kappa shape index (κ3) is 5.50. The zero-order valence-corrected chi connectivity index (χ0v) is 16.3. The molecule has 1 N–H and O–H groups in total. The molecule has 0 bridgehead atoms. The summed E-state index contributed by atoms with van der Waals surface area (Å²) in [7, 11) is 0. The van der Waals surface area contributed by atoms with Crippen LogP contribution in [0.25, 0.3) is 0 Å². The van der Waals surface area contributed by atoms with Gasteiger partial charge in [0, 0.05) is 12.0 Å². The van der Waals surface area contributed by atoms with E-state index in [0.29, 0.717) is 5.56 Å².